The van der Waals surface area contributed by atoms with Gasteiger partial charge in [-0.2, -0.15) is 0 Å². The zero-order valence-electron chi connectivity index (χ0n) is 5.37. The van der Waals surface area contributed by atoms with E-state index in [0.29, 0.717) is 0 Å². The van der Waals surface area contributed by atoms with E-state index in [1.165, 1.54) is 5.30 Å². The van der Waals surface area contributed by atoms with Crippen molar-refractivity contribution < 1.29 is 4.79 Å². The molecule has 0 radical (unpaired) electrons. The molecule has 10 heavy (non-hydrogen) atoms. The molecule has 3 heteroatoms. The summed E-state index contributed by atoms with van der Waals surface area (Å²) in [5.41, 5.74) is 0. The summed E-state index contributed by atoms with van der Waals surface area (Å²) in [6.45, 7) is 0. The maximum Gasteiger partial charge on any atom is 0.231 e. The van der Waals surface area contributed by atoms with Gasteiger partial charge in [0, 0.05) is 0 Å². The van der Waals surface area contributed by atoms with Gasteiger partial charge in [0.25, 0.3) is 0 Å². The molecule has 52 valence electrons. The monoisotopic (exact) mass is 153 g/mol. The Labute approximate surface area is 62.0 Å². The number of hydrogen-bond donors (Lipinski definition) is 1. The molecule has 0 aromatic heterocycles. The van der Waals surface area contributed by atoms with Crippen LogP contribution >= 0.6 is 9.24 Å². The van der Waals surface area contributed by atoms with Gasteiger partial charge in [0.1, 0.15) is 0 Å². The Morgan fingerprint density at radius 2 is 1.70 bits per heavy atom. The molecule has 0 amide bonds. The van der Waals surface area contributed by atoms with Crippen molar-refractivity contribution in [3.63, 3.8) is 0 Å². The Morgan fingerprint density at radius 3 is 1.90 bits per heavy atom. The van der Waals surface area contributed by atoms with E-state index < -0.39 is 0 Å². The van der Waals surface area contributed by atoms with Gasteiger partial charge >= 0.3 is 0 Å². The first kappa shape index (κ1) is 9.03. The number of rotatable bonds is 0. The largest absolute Gasteiger partial charge is 0.231 e. The smallest absolute Gasteiger partial charge is 0.222 e. The first-order chi connectivity index (χ1) is 4.81. The molecule has 0 saturated carbocycles. The lowest BCUT2D eigenvalue weighted by atomic mass is 10.4. The van der Waals surface area contributed by atoms with E-state index in [0.717, 1.165) is 6.08 Å². The third kappa shape index (κ3) is 5.17. The zero-order chi connectivity index (χ0) is 7.82. The standard InChI is InChI=1S/C6H7P.CHNO/c7-6-4-2-1-3-5-6;2-1-3/h1-5H,7H2;2H. The maximum atomic E-state index is 8.35. The van der Waals surface area contributed by atoms with E-state index in [2.05, 4.69) is 9.24 Å². The predicted molar refractivity (Wildman–Crippen MR) is 44.2 cm³/mol. The minimum Gasteiger partial charge on any atom is -0.222 e. The summed E-state index contributed by atoms with van der Waals surface area (Å²) in [6.07, 6.45) is 0.750. The lowest BCUT2D eigenvalue weighted by Gasteiger charge is -1.82. The molecule has 2 nitrogen and oxygen atoms in total. The van der Waals surface area contributed by atoms with E-state index in [-0.39, 0.29) is 0 Å². The van der Waals surface area contributed by atoms with Crippen LogP contribution in [0.4, 0.5) is 0 Å². The van der Waals surface area contributed by atoms with Gasteiger partial charge in [-0.25, -0.2) is 10.2 Å². The van der Waals surface area contributed by atoms with Crippen LogP contribution < -0.4 is 5.30 Å². The number of hydrogen-bond acceptors (Lipinski definition) is 2. The molecule has 1 aromatic carbocycles. The maximum absolute atomic E-state index is 8.35. The van der Waals surface area contributed by atoms with Gasteiger partial charge in [0.05, 0.1) is 0 Å². The summed E-state index contributed by atoms with van der Waals surface area (Å²) in [7, 11) is 2.63. The van der Waals surface area contributed by atoms with Crippen LogP contribution in [0.3, 0.4) is 0 Å². The minimum atomic E-state index is 0.750. The summed E-state index contributed by atoms with van der Waals surface area (Å²) >= 11 is 0. The summed E-state index contributed by atoms with van der Waals surface area (Å²) in [6, 6.07) is 10.1. The summed E-state index contributed by atoms with van der Waals surface area (Å²) < 4.78 is 0. The van der Waals surface area contributed by atoms with E-state index in [1.807, 2.05) is 30.3 Å². The fraction of sp³-hybridized carbons (Fsp3) is 0. The molecule has 0 aliphatic carbocycles. The zero-order valence-corrected chi connectivity index (χ0v) is 6.53. The highest BCUT2D eigenvalue weighted by molar-refractivity contribution is 7.27. The Balaban J connectivity index is 0.000000236. The topological polar surface area (TPSA) is 40.9 Å². The van der Waals surface area contributed by atoms with Crippen molar-refractivity contribution >= 4 is 20.6 Å². The SMILES string of the molecule is N=C=O.Pc1ccccc1. The van der Waals surface area contributed by atoms with Gasteiger partial charge in [-0.1, -0.05) is 30.3 Å². The first-order valence-corrected chi connectivity index (χ1v) is 3.23. The summed E-state index contributed by atoms with van der Waals surface area (Å²) in [5, 5.41) is 6.64. The number of isocyanates is 1. The van der Waals surface area contributed by atoms with E-state index in [1.54, 1.807) is 0 Å². The van der Waals surface area contributed by atoms with E-state index >= 15 is 0 Å². The molecule has 1 rings (SSSR count). The molecule has 0 spiro atoms. The van der Waals surface area contributed by atoms with E-state index in [9.17, 15) is 0 Å². The molecular formula is C7H8NOP. The molecule has 1 aromatic rings. The van der Waals surface area contributed by atoms with Gasteiger partial charge in [-0.05, 0) is 5.30 Å². The van der Waals surface area contributed by atoms with Gasteiger partial charge < -0.3 is 0 Å². The molecule has 1 N–H and O–H groups in total. The quantitative estimate of drug-likeness (QED) is 0.338. The second kappa shape index (κ2) is 6.15. The first-order valence-electron chi connectivity index (χ1n) is 2.65. The van der Waals surface area contributed by atoms with Crippen LogP contribution in [-0.4, -0.2) is 6.08 Å². The van der Waals surface area contributed by atoms with E-state index in [4.69, 9.17) is 10.2 Å². The normalized spacial score (nSPS) is 6.90. The minimum absolute atomic E-state index is 0.750. The average molecular weight is 153 g/mol. The predicted octanol–water partition coefficient (Wildman–Crippen LogP) is 1.09. The molecule has 0 heterocycles. The number of benzene rings is 1. The lowest BCUT2D eigenvalue weighted by Crippen LogP contribution is -1.82. The molecule has 0 fully saturated rings. The summed E-state index contributed by atoms with van der Waals surface area (Å²) in [4.78, 5) is 8.35. The fourth-order valence-electron chi connectivity index (χ4n) is 0.453. The third-order valence-corrected chi connectivity index (χ3v) is 1.18. The third-order valence-electron chi connectivity index (χ3n) is 0.800. The second-order valence-electron chi connectivity index (χ2n) is 1.51. The Morgan fingerprint density at radius 1 is 1.30 bits per heavy atom. The molecule has 0 aliphatic heterocycles. The number of carbonyl (C=O) groups excluding carboxylic acids is 1. The second-order valence-corrected chi connectivity index (χ2v) is 2.18. The highest BCUT2D eigenvalue weighted by Gasteiger charge is 1.72. The average Bonchev–Trinajstić information content (AvgIpc) is 1.91. The van der Waals surface area contributed by atoms with Crippen LogP contribution in [0, 0.1) is 5.41 Å². The fourth-order valence-corrected chi connectivity index (χ4v) is 0.675. The van der Waals surface area contributed by atoms with Crippen LogP contribution in [0.2, 0.25) is 0 Å². The molecule has 0 bridgehead atoms. The van der Waals surface area contributed by atoms with Crippen molar-refractivity contribution in [2.24, 2.45) is 0 Å². The van der Waals surface area contributed by atoms with Crippen LogP contribution in [0.15, 0.2) is 30.3 Å². The van der Waals surface area contributed by atoms with Crippen LogP contribution in [0.25, 0.3) is 0 Å². The molecular weight excluding hydrogens is 145 g/mol. The van der Waals surface area contributed by atoms with Crippen molar-refractivity contribution in [2.45, 2.75) is 0 Å². The van der Waals surface area contributed by atoms with Gasteiger partial charge in [-0.3, -0.25) is 0 Å². The van der Waals surface area contributed by atoms with Gasteiger partial charge in [0.2, 0.25) is 6.08 Å². The summed E-state index contributed by atoms with van der Waals surface area (Å²) in [5.74, 6) is 0. The van der Waals surface area contributed by atoms with Crippen LogP contribution in [0.1, 0.15) is 0 Å². The highest BCUT2D eigenvalue weighted by Crippen LogP contribution is 1.86. The molecule has 0 saturated heterocycles. The molecule has 0 aliphatic rings. The lowest BCUT2D eigenvalue weighted by molar-refractivity contribution is 0.563. The van der Waals surface area contributed by atoms with Crippen LogP contribution in [-0.2, 0) is 4.79 Å². The number of nitrogens with one attached hydrogen (secondary N) is 1. The van der Waals surface area contributed by atoms with Crippen molar-refractivity contribution in [1.29, 1.82) is 5.41 Å². The van der Waals surface area contributed by atoms with Crippen molar-refractivity contribution in [3.05, 3.63) is 30.3 Å². The van der Waals surface area contributed by atoms with Crippen LogP contribution in [0.5, 0.6) is 0 Å². The molecule has 1 unspecified atom stereocenters. The Hall–Kier alpha value is -0.970. The molecule has 1 atom stereocenters. The van der Waals surface area contributed by atoms with Crippen molar-refractivity contribution in [1.82, 2.24) is 0 Å². The Kier molecular flexibility index (Phi) is 5.56. The highest BCUT2D eigenvalue weighted by atomic mass is 31.0. The Bertz CT molecular complexity index is 204. The van der Waals surface area contributed by atoms with Crippen molar-refractivity contribution in [2.75, 3.05) is 0 Å². The van der Waals surface area contributed by atoms with Gasteiger partial charge in [0.15, 0.2) is 0 Å². The van der Waals surface area contributed by atoms with Gasteiger partial charge in [-0.15, -0.1) is 9.24 Å². The van der Waals surface area contributed by atoms with Crippen molar-refractivity contribution in [3.8, 4) is 0 Å².